The number of benzene rings is 4. The highest BCUT2D eigenvalue weighted by atomic mass is 79.9. The molecule has 0 unspecified atom stereocenters. The Bertz CT molecular complexity index is 2120. The molecule has 1 atom stereocenters. The number of aromatic nitrogens is 1. The summed E-state index contributed by atoms with van der Waals surface area (Å²) in [6.07, 6.45) is 3.65. The maximum absolute atomic E-state index is 14.0. The minimum Gasteiger partial charge on any atom is -0.488 e. The van der Waals surface area contributed by atoms with Crippen LogP contribution in [0.3, 0.4) is 0 Å². The number of ether oxygens (including phenoxy) is 1. The lowest BCUT2D eigenvalue weighted by atomic mass is 9.83. The van der Waals surface area contributed by atoms with Gasteiger partial charge in [0.15, 0.2) is 4.80 Å². The Morgan fingerprint density at radius 1 is 0.953 bits per heavy atom. The van der Waals surface area contributed by atoms with E-state index >= 15 is 0 Å². The highest BCUT2D eigenvalue weighted by Crippen LogP contribution is 2.41. The smallest absolute Gasteiger partial charge is 0.271 e. The van der Waals surface area contributed by atoms with E-state index in [0.29, 0.717) is 36.8 Å². The molecule has 9 heteroatoms. The highest BCUT2D eigenvalue weighted by molar-refractivity contribution is 9.10. The molecule has 4 nitrogen and oxygen atoms in total. The van der Waals surface area contributed by atoms with Crippen LogP contribution in [0.15, 0.2) is 105 Å². The normalized spacial score (nSPS) is 15.9. The van der Waals surface area contributed by atoms with Gasteiger partial charge in [0.05, 0.1) is 20.7 Å². The SMILES string of the molecule is O=c1/c(=C/c2ccc(OCc3ccc(Cl)cc3Cl)c(Br)c2)sc2n1[C@@H](c1ccc(Cl)cc1)C1=C(N=2)c2ccccc2CC1. The molecule has 0 bridgehead atoms. The van der Waals surface area contributed by atoms with Crippen molar-refractivity contribution >= 4 is 73.8 Å². The van der Waals surface area contributed by atoms with Gasteiger partial charge < -0.3 is 4.74 Å². The van der Waals surface area contributed by atoms with E-state index in [4.69, 9.17) is 44.5 Å². The van der Waals surface area contributed by atoms with Gasteiger partial charge in [-0.3, -0.25) is 9.36 Å². The summed E-state index contributed by atoms with van der Waals surface area (Å²) >= 11 is 23.6. The van der Waals surface area contributed by atoms with Crippen LogP contribution < -0.4 is 19.6 Å². The number of hydrogen-bond acceptors (Lipinski definition) is 4. The molecule has 2 aliphatic rings. The average molecular weight is 709 g/mol. The molecule has 0 saturated carbocycles. The van der Waals surface area contributed by atoms with Crippen LogP contribution in [0.1, 0.15) is 40.3 Å². The molecule has 1 aliphatic heterocycles. The van der Waals surface area contributed by atoms with Crippen LogP contribution >= 0.6 is 62.1 Å². The van der Waals surface area contributed by atoms with Crippen LogP contribution in [-0.2, 0) is 13.0 Å². The molecule has 5 aromatic rings. The summed E-state index contributed by atoms with van der Waals surface area (Å²) in [6.45, 7) is 0.297. The van der Waals surface area contributed by atoms with Gasteiger partial charge in [-0.2, -0.15) is 0 Å². The number of thiazole rings is 1. The van der Waals surface area contributed by atoms with E-state index in [9.17, 15) is 4.79 Å². The second-order valence-electron chi connectivity index (χ2n) is 10.4. The number of nitrogens with zero attached hydrogens (tertiary/aromatic N) is 2. The lowest BCUT2D eigenvalue weighted by molar-refractivity contribution is 0.304. The van der Waals surface area contributed by atoms with Gasteiger partial charge in [0.2, 0.25) is 0 Å². The first-order valence-corrected chi connectivity index (χ1v) is 16.3. The van der Waals surface area contributed by atoms with Gasteiger partial charge in [-0.15, -0.1) is 0 Å². The third kappa shape index (κ3) is 5.52. The highest BCUT2D eigenvalue weighted by Gasteiger charge is 2.32. The van der Waals surface area contributed by atoms with Crippen molar-refractivity contribution in [3.63, 3.8) is 0 Å². The molecule has 0 saturated heterocycles. The quantitative estimate of drug-likeness (QED) is 0.184. The standard InChI is InChI=1S/C34H22BrCl3N2O2S/c35-27-15-19(5-14-29(27)42-18-22-8-12-24(37)17-28(22)38)16-30-33(41)40-32(21-6-10-23(36)11-7-21)26-13-9-20-3-1-2-4-25(20)31(26)39-34(40)43-30/h1-8,10-12,14-17,32H,9,13,18H2/b30-16-/t32-/m0/s1. The van der Waals surface area contributed by atoms with Crippen molar-refractivity contribution in [2.24, 2.45) is 4.99 Å². The number of fused-ring (bicyclic) bond motifs is 3. The van der Waals surface area contributed by atoms with Gasteiger partial charge in [0.1, 0.15) is 12.4 Å². The molecule has 1 aromatic heterocycles. The molecule has 4 aromatic carbocycles. The summed E-state index contributed by atoms with van der Waals surface area (Å²) in [5, 5.41) is 1.79. The molecular weight excluding hydrogens is 687 g/mol. The van der Waals surface area contributed by atoms with Crippen molar-refractivity contribution in [1.29, 1.82) is 0 Å². The Labute approximate surface area is 275 Å². The maximum Gasteiger partial charge on any atom is 0.271 e. The van der Waals surface area contributed by atoms with Gasteiger partial charge >= 0.3 is 0 Å². The zero-order valence-corrected chi connectivity index (χ0v) is 27.2. The molecule has 0 amide bonds. The van der Waals surface area contributed by atoms with Crippen molar-refractivity contribution in [2.75, 3.05) is 0 Å². The Balaban J connectivity index is 1.28. The van der Waals surface area contributed by atoms with Crippen LogP contribution in [0, 0.1) is 0 Å². The first-order valence-electron chi connectivity index (χ1n) is 13.6. The van der Waals surface area contributed by atoms with E-state index in [2.05, 4.69) is 34.1 Å². The van der Waals surface area contributed by atoms with E-state index in [1.807, 2.05) is 65.2 Å². The third-order valence-electron chi connectivity index (χ3n) is 7.71. The third-order valence-corrected chi connectivity index (χ3v) is 10.2. The van der Waals surface area contributed by atoms with Crippen molar-refractivity contribution < 1.29 is 4.74 Å². The van der Waals surface area contributed by atoms with E-state index in [1.165, 1.54) is 16.9 Å². The topological polar surface area (TPSA) is 43.6 Å². The predicted octanol–water partition coefficient (Wildman–Crippen LogP) is 8.62. The Morgan fingerprint density at radius 2 is 1.74 bits per heavy atom. The van der Waals surface area contributed by atoms with Crippen molar-refractivity contribution in [3.05, 3.63) is 158 Å². The fourth-order valence-electron chi connectivity index (χ4n) is 5.64. The summed E-state index contributed by atoms with van der Waals surface area (Å²) in [7, 11) is 0. The van der Waals surface area contributed by atoms with E-state index in [-0.39, 0.29) is 11.6 Å². The summed E-state index contributed by atoms with van der Waals surface area (Å²) in [4.78, 5) is 19.8. The summed E-state index contributed by atoms with van der Waals surface area (Å²) in [6, 6.07) is 27.0. The second kappa shape index (κ2) is 11.8. The fraction of sp³-hybridized carbons (Fsp3) is 0.118. The average Bonchev–Trinajstić information content (AvgIpc) is 3.31. The fourth-order valence-corrected chi connectivity index (χ4v) is 7.74. The minimum absolute atomic E-state index is 0.0667. The molecule has 0 radical (unpaired) electrons. The van der Waals surface area contributed by atoms with Gasteiger partial charge in [-0.1, -0.05) is 94.7 Å². The zero-order valence-electron chi connectivity index (χ0n) is 22.5. The van der Waals surface area contributed by atoms with Gasteiger partial charge in [0, 0.05) is 26.2 Å². The zero-order chi connectivity index (χ0) is 29.7. The van der Waals surface area contributed by atoms with Crippen LogP contribution in [0.2, 0.25) is 15.1 Å². The summed E-state index contributed by atoms with van der Waals surface area (Å²) < 4.78 is 9.23. The predicted molar refractivity (Wildman–Crippen MR) is 179 cm³/mol. The second-order valence-corrected chi connectivity index (χ2v) is 13.5. The molecule has 43 heavy (non-hydrogen) atoms. The van der Waals surface area contributed by atoms with E-state index < -0.39 is 0 Å². The first kappa shape index (κ1) is 28.6. The van der Waals surface area contributed by atoms with Crippen LogP contribution in [0.25, 0.3) is 11.8 Å². The molecular formula is C34H22BrCl3N2O2S. The summed E-state index contributed by atoms with van der Waals surface area (Å²) in [5.74, 6) is 0.665. The number of rotatable bonds is 5. The molecule has 214 valence electrons. The maximum atomic E-state index is 14.0. The van der Waals surface area contributed by atoms with Crippen LogP contribution in [0.4, 0.5) is 0 Å². The van der Waals surface area contributed by atoms with Gasteiger partial charge in [-0.05, 0) is 93.5 Å². The van der Waals surface area contributed by atoms with Gasteiger partial charge in [-0.25, -0.2) is 4.99 Å². The number of hydrogen-bond donors (Lipinski definition) is 0. The number of halogens is 4. The van der Waals surface area contributed by atoms with Crippen molar-refractivity contribution in [3.8, 4) is 5.75 Å². The van der Waals surface area contributed by atoms with Crippen molar-refractivity contribution in [1.82, 2.24) is 4.57 Å². The van der Waals surface area contributed by atoms with Gasteiger partial charge in [0.25, 0.3) is 5.56 Å². The monoisotopic (exact) mass is 706 g/mol. The van der Waals surface area contributed by atoms with Crippen LogP contribution in [0.5, 0.6) is 5.75 Å². The lowest BCUT2D eigenvalue weighted by Gasteiger charge is -2.30. The molecule has 0 spiro atoms. The first-order chi connectivity index (χ1) is 20.9. The Kier molecular flexibility index (Phi) is 7.83. The molecule has 1 aliphatic carbocycles. The molecule has 0 N–H and O–H groups in total. The van der Waals surface area contributed by atoms with Crippen LogP contribution in [-0.4, -0.2) is 4.57 Å². The number of aryl methyl sites for hydroxylation is 1. The largest absolute Gasteiger partial charge is 0.488 e. The Hall–Kier alpha value is -3.13. The molecule has 2 heterocycles. The van der Waals surface area contributed by atoms with E-state index in [1.54, 1.807) is 12.1 Å². The molecule has 7 rings (SSSR count). The van der Waals surface area contributed by atoms with E-state index in [0.717, 1.165) is 50.8 Å². The number of allylic oxidation sites excluding steroid dienone is 1. The molecule has 0 fully saturated rings. The lowest BCUT2D eigenvalue weighted by Crippen LogP contribution is -2.38. The Morgan fingerprint density at radius 3 is 2.53 bits per heavy atom. The van der Waals surface area contributed by atoms with Crippen molar-refractivity contribution in [2.45, 2.75) is 25.5 Å². The summed E-state index contributed by atoms with van der Waals surface area (Å²) in [5.41, 5.74) is 7.20. The minimum atomic E-state index is -0.249.